The fraction of sp³-hybridized carbons (Fsp3) is 0. The maximum absolute atomic E-state index is 13.8. The lowest BCUT2D eigenvalue weighted by Gasteiger charge is -1.99. The molecule has 0 aliphatic heterocycles. The first-order valence-electron chi connectivity index (χ1n) is 5.35. The van der Waals surface area contributed by atoms with Crippen molar-refractivity contribution >= 4 is 27.0 Å². The van der Waals surface area contributed by atoms with E-state index in [4.69, 9.17) is 0 Å². The normalized spacial score (nSPS) is 11.2. The summed E-state index contributed by atoms with van der Waals surface area (Å²) in [5.74, 6) is -2.21. The molecule has 1 heterocycles. The SMILES string of the molecule is Fc1cc2nc(-c3ccc(Br)cc3F)[nH]c2cc1F. The second-order valence-corrected chi connectivity index (χ2v) is 4.91. The number of nitrogens with zero attached hydrogens (tertiary/aromatic N) is 1. The summed E-state index contributed by atoms with van der Waals surface area (Å²) in [5.41, 5.74) is 0.799. The molecule has 0 unspecified atom stereocenters. The van der Waals surface area contributed by atoms with Gasteiger partial charge in [-0.15, -0.1) is 0 Å². The van der Waals surface area contributed by atoms with E-state index in [1.165, 1.54) is 12.1 Å². The van der Waals surface area contributed by atoms with Crippen LogP contribution in [0.2, 0.25) is 0 Å². The summed E-state index contributed by atoms with van der Waals surface area (Å²) in [5, 5.41) is 0. The Hall–Kier alpha value is -1.82. The fourth-order valence-electron chi connectivity index (χ4n) is 1.81. The molecule has 0 atom stereocenters. The minimum Gasteiger partial charge on any atom is -0.338 e. The number of H-pyrrole nitrogens is 1. The van der Waals surface area contributed by atoms with Gasteiger partial charge in [0, 0.05) is 16.6 Å². The highest BCUT2D eigenvalue weighted by Crippen LogP contribution is 2.26. The van der Waals surface area contributed by atoms with Crippen molar-refractivity contribution in [3.05, 3.63) is 52.3 Å². The van der Waals surface area contributed by atoms with Gasteiger partial charge in [-0.05, 0) is 18.2 Å². The van der Waals surface area contributed by atoms with E-state index < -0.39 is 17.5 Å². The molecule has 3 aromatic rings. The third-order valence-corrected chi connectivity index (χ3v) is 3.20. The van der Waals surface area contributed by atoms with Gasteiger partial charge in [0.2, 0.25) is 0 Å². The zero-order valence-corrected chi connectivity index (χ0v) is 10.9. The third kappa shape index (κ3) is 2.12. The van der Waals surface area contributed by atoms with E-state index in [0.29, 0.717) is 9.99 Å². The minimum absolute atomic E-state index is 0.227. The molecule has 1 aromatic heterocycles. The molecule has 1 N–H and O–H groups in total. The monoisotopic (exact) mass is 326 g/mol. The van der Waals surface area contributed by atoms with Crippen LogP contribution >= 0.6 is 15.9 Å². The highest BCUT2D eigenvalue weighted by Gasteiger charge is 2.12. The van der Waals surface area contributed by atoms with Crippen molar-refractivity contribution in [1.29, 1.82) is 0 Å². The lowest BCUT2D eigenvalue weighted by atomic mass is 10.2. The molecule has 6 heteroatoms. The van der Waals surface area contributed by atoms with Gasteiger partial charge < -0.3 is 4.98 Å². The summed E-state index contributed by atoms with van der Waals surface area (Å²) in [7, 11) is 0. The van der Waals surface area contributed by atoms with E-state index in [0.717, 1.165) is 12.1 Å². The number of imidazole rings is 1. The maximum Gasteiger partial charge on any atom is 0.161 e. The van der Waals surface area contributed by atoms with E-state index in [1.807, 2.05) is 0 Å². The van der Waals surface area contributed by atoms with Gasteiger partial charge in [-0.25, -0.2) is 18.2 Å². The van der Waals surface area contributed by atoms with E-state index in [9.17, 15) is 13.2 Å². The first-order valence-corrected chi connectivity index (χ1v) is 6.14. The van der Waals surface area contributed by atoms with Crippen LogP contribution < -0.4 is 0 Å². The van der Waals surface area contributed by atoms with E-state index in [2.05, 4.69) is 25.9 Å². The van der Waals surface area contributed by atoms with Crippen molar-refractivity contribution in [3.63, 3.8) is 0 Å². The second-order valence-electron chi connectivity index (χ2n) is 3.99. The molecule has 0 saturated heterocycles. The van der Waals surface area contributed by atoms with Gasteiger partial charge >= 0.3 is 0 Å². The number of fused-ring (bicyclic) bond motifs is 1. The molecule has 96 valence electrons. The van der Waals surface area contributed by atoms with Gasteiger partial charge in [0.05, 0.1) is 16.6 Å². The van der Waals surface area contributed by atoms with Crippen molar-refractivity contribution in [2.45, 2.75) is 0 Å². The second kappa shape index (κ2) is 4.38. The van der Waals surface area contributed by atoms with Gasteiger partial charge in [0.25, 0.3) is 0 Å². The van der Waals surface area contributed by atoms with Crippen LogP contribution in [0.25, 0.3) is 22.4 Å². The number of hydrogen-bond acceptors (Lipinski definition) is 1. The molecule has 0 radical (unpaired) electrons. The molecule has 2 aromatic carbocycles. The predicted octanol–water partition coefficient (Wildman–Crippen LogP) is 4.41. The Kier molecular flexibility index (Phi) is 2.82. The molecule has 0 aliphatic carbocycles. The van der Waals surface area contributed by atoms with Crippen LogP contribution in [0.4, 0.5) is 13.2 Å². The maximum atomic E-state index is 13.8. The summed E-state index contributed by atoms with van der Waals surface area (Å²) in [6.45, 7) is 0. The molecule has 0 bridgehead atoms. The van der Waals surface area contributed by atoms with Gasteiger partial charge in [0.1, 0.15) is 11.6 Å². The van der Waals surface area contributed by atoms with Gasteiger partial charge in [-0.2, -0.15) is 0 Å². The highest BCUT2D eigenvalue weighted by molar-refractivity contribution is 9.10. The number of benzene rings is 2. The van der Waals surface area contributed by atoms with Gasteiger partial charge in [-0.3, -0.25) is 0 Å². The molecular formula is C13H6BrF3N2. The molecule has 2 nitrogen and oxygen atoms in total. The lowest BCUT2D eigenvalue weighted by molar-refractivity contribution is 0.510. The first-order chi connectivity index (χ1) is 9.04. The Labute approximate surface area is 114 Å². The average molecular weight is 327 g/mol. The number of aromatic nitrogens is 2. The van der Waals surface area contributed by atoms with Gasteiger partial charge in [-0.1, -0.05) is 15.9 Å². The van der Waals surface area contributed by atoms with Gasteiger partial charge in [0.15, 0.2) is 11.6 Å². The van der Waals surface area contributed by atoms with Crippen molar-refractivity contribution in [2.75, 3.05) is 0 Å². The van der Waals surface area contributed by atoms with Crippen LogP contribution in [-0.2, 0) is 0 Å². The Morgan fingerprint density at radius 1 is 0.947 bits per heavy atom. The highest BCUT2D eigenvalue weighted by atomic mass is 79.9. The van der Waals surface area contributed by atoms with Crippen molar-refractivity contribution < 1.29 is 13.2 Å². The quantitative estimate of drug-likeness (QED) is 0.705. The topological polar surface area (TPSA) is 28.7 Å². The van der Waals surface area contributed by atoms with Crippen LogP contribution in [0.5, 0.6) is 0 Å². The first kappa shape index (κ1) is 12.2. The Morgan fingerprint density at radius 3 is 2.42 bits per heavy atom. The van der Waals surface area contributed by atoms with Crippen molar-refractivity contribution in [3.8, 4) is 11.4 Å². The molecular weight excluding hydrogens is 321 g/mol. The molecule has 0 fully saturated rings. The Balaban J connectivity index is 2.20. The van der Waals surface area contributed by atoms with Crippen LogP contribution in [0.15, 0.2) is 34.8 Å². The molecule has 0 spiro atoms. The molecule has 0 aliphatic rings. The summed E-state index contributed by atoms with van der Waals surface area (Å²) in [6.07, 6.45) is 0. The van der Waals surface area contributed by atoms with Crippen molar-refractivity contribution in [1.82, 2.24) is 9.97 Å². The number of hydrogen-bond donors (Lipinski definition) is 1. The lowest BCUT2D eigenvalue weighted by Crippen LogP contribution is -1.86. The number of aromatic amines is 1. The molecule has 19 heavy (non-hydrogen) atoms. The fourth-order valence-corrected chi connectivity index (χ4v) is 2.15. The standard InChI is InChI=1S/C13H6BrF3N2/c14-6-1-2-7(8(15)3-6)13-18-11-4-9(16)10(17)5-12(11)19-13/h1-5H,(H,18,19). The summed E-state index contributed by atoms with van der Waals surface area (Å²) < 4.78 is 40.6. The summed E-state index contributed by atoms with van der Waals surface area (Å²) in [4.78, 5) is 6.82. The smallest absolute Gasteiger partial charge is 0.161 e. The van der Waals surface area contributed by atoms with E-state index in [-0.39, 0.29) is 16.9 Å². The van der Waals surface area contributed by atoms with Crippen molar-refractivity contribution in [2.24, 2.45) is 0 Å². The van der Waals surface area contributed by atoms with Crippen LogP contribution in [0, 0.1) is 17.5 Å². The Morgan fingerprint density at radius 2 is 1.68 bits per heavy atom. The predicted molar refractivity (Wildman–Crippen MR) is 69.1 cm³/mol. The van der Waals surface area contributed by atoms with Crippen LogP contribution in [-0.4, -0.2) is 9.97 Å². The number of nitrogens with one attached hydrogen (secondary N) is 1. The zero-order chi connectivity index (χ0) is 13.6. The minimum atomic E-state index is -0.984. The Bertz CT molecular complexity index is 744. The molecule has 0 amide bonds. The zero-order valence-electron chi connectivity index (χ0n) is 9.35. The third-order valence-electron chi connectivity index (χ3n) is 2.71. The largest absolute Gasteiger partial charge is 0.338 e. The average Bonchev–Trinajstić information content (AvgIpc) is 2.72. The van der Waals surface area contributed by atoms with Crippen LogP contribution in [0.1, 0.15) is 0 Å². The van der Waals surface area contributed by atoms with Crippen LogP contribution in [0.3, 0.4) is 0 Å². The summed E-state index contributed by atoms with van der Waals surface area (Å²) >= 11 is 3.15. The molecule has 0 saturated carbocycles. The van der Waals surface area contributed by atoms with E-state index >= 15 is 0 Å². The molecule has 3 rings (SSSR count). The number of rotatable bonds is 1. The van der Waals surface area contributed by atoms with E-state index in [1.54, 1.807) is 6.07 Å². The number of halogens is 4. The summed E-state index contributed by atoms with van der Waals surface area (Å²) in [6, 6.07) is 6.46.